The second-order valence-corrected chi connectivity index (χ2v) is 21.0. The Morgan fingerprint density at radius 3 is 0.753 bits per heavy atom. The molecule has 1 rings (SSSR count). The number of rotatable bonds is 39. The molecule has 0 bridgehead atoms. The molecular weight excluding hydrogens is 1140 g/mol. The molecule has 1 aliphatic rings. The lowest BCUT2D eigenvalue weighted by molar-refractivity contribution is -0.238. The third kappa shape index (κ3) is 30.0. The van der Waals surface area contributed by atoms with Gasteiger partial charge in [0.05, 0.1) is 0 Å². The smallest absolute Gasteiger partial charge is 0.457 e. The Bertz CT molecular complexity index is 2060. The zero-order valence-corrected chi connectivity index (χ0v) is 46.8. The Hall–Kier alpha value is -4.37. The molecule has 0 radical (unpaired) electrons. The summed E-state index contributed by atoms with van der Waals surface area (Å²) in [5.41, 5.74) is 0. The van der Waals surface area contributed by atoms with Gasteiger partial charge in [0, 0.05) is 68.4 Å². The first-order chi connectivity index (χ1) is 36.0. The van der Waals surface area contributed by atoms with Crippen molar-refractivity contribution >= 4 is 85.0 Å². The Balaban J connectivity index is 4.94. The third-order valence-corrected chi connectivity index (χ3v) is 13.6. The van der Waals surface area contributed by atoms with Crippen LogP contribution in [0.4, 0.5) is 0 Å². The fourth-order valence-corrected chi connectivity index (χ4v) is 9.48. The van der Waals surface area contributed by atoms with Crippen molar-refractivity contribution in [2.75, 3.05) is 61.0 Å². The highest BCUT2D eigenvalue weighted by Crippen LogP contribution is 2.62. The first kappa shape index (κ1) is 70.6. The van der Waals surface area contributed by atoms with Gasteiger partial charge in [-0.3, -0.25) is 61.2 Å². The van der Waals surface area contributed by atoms with Gasteiger partial charge < -0.3 is 47.4 Å². The summed E-state index contributed by atoms with van der Waals surface area (Å²) in [5.74, 6) is -9.81. The van der Waals surface area contributed by atoms with Gasteiger partial charge in [0.1, 0.15) is 30.5 Å². The maximum atomic E-state index is 14.9. The van der Waals surface area contributed by atoms with E-state index >= 15 is 0 Å². The Morgan fingerprint density at radius 1 is 0.325 bits per heavy atom. The summed E-state index contributed by atoms with van der Waals surface area (Å²) >= 11 is 0. The van der Waals surface area contributed by atoms with Gasteiger partial charge in [0.25, 0.3) is 0 Å². The zero-order chi connectivity index (χ0) is 58.4. The van der Waals surface area contributed by atoms with Crippen LogP contribution < -0.4 is 0 Å². The lowest BCUT2D eigenvalue weighted by Crippen LogP contribution is -2.67. The highest BCUT2D eigenvalue weighted by Gasteiger charge is 2.63. The Kier molecular flexibility index (Phi) is 33.0. The average Bonchev–Trinajstić information content (AvgIpc) is 3.28. The molecule has 444 valence electrons. The van der Waals surface area contributed by atoms with E-state index in [1.165, 1.54) is 6.92 Å². The maximum absolute atomic E-state index is 14.9. The van der Waals surface area contributed by atoms with Crippen molar-refractivity contribution in [3.63, 3.8) is 0 Å². The van der Waals surface area contributed by atoms with Crippen molar-refractivity contribution in [2.24, 2.45) is 0 Å². The molecule has 1 aliphatic carbocycles. The number of carbonyl (C=O) groups is 9. The number of phosphoric ester groups is 4. The number of phosphoric acid groups is 4. The fraction of sp³-hybridized carbons (Fsp3) is 0.763. The summed E-state index contributed by atoms with van der Waals surface area (Å²) < 4.78 is 175. The standard InChI is InChI=1S/C38H62O35P4/c1-11-13-15-52-33-34(69-32(47)14-12-2)36(71-75(49,63-18-55-26(5)41)64-19-56-27(6)42)38(73-77(51,67-22-59-30(9)45)68-23-60-31(10)46)37(72-76(50,65-20-57-28(7)43)66-21-58-29(8)44)35(33)70-74(48,61-16-53-24(3)39)62-17-54-25(4)40/h33-38H,11-23H2,1-10H3/t33-,34+,35+,36+,37-,38-/m0/s1. The normalized spacial score (nSPS) is 18.7. The molecule has 1 saturated carbocycles. The molecule has 77 heavy (non-hydrogen) atoms. The Labute approximate surface area is 439 Å². The summed E-state index contributed by atoms with van der Waals surface area (Å²) in [7, 11) is -23.0. The second-order valence-electron chi connectivity index (χ2n) is 14.5. The maximum Gasteiger partial charge on any atom is 0.481 e. The minimum absolute atomic E-state index is 0.0222. The van der Waals surface area contributed by atoms with Crippen molar-refractivity contribution in [3.8, 4) is 0 Å². The van der Waals surface area contributed by atoms with E-state index in [1.54, 1.807) is 6.92 Å². The lowest BCUT2D eigenvalue weighted by Gasteiger charge is -2.49. The largest absolute Gasteiger partial charge is 0.481 e. The molecule has 6 atom stereocenters. The van der Waals surface area contributed by atoms with Gasteiger partial charge in [-0.05, 0) is 12.8 Å². The van der Waals surface area contributed by atoms with Crippen LogP contribution in [0.2, 0.25) is 0 Å². The van der Waals surface area contributed by atoms with Crippen molar-refractivity contribution in [2.45, 2.75) is 132 Å². The molecule has 0 aromatic carbocycles. The molecule has 0 N–H and O–H groups in total. The van der Waals surface area contributed by atoms with Crippen LogP contribution in [0.1, 0.15) is 94.9 Å². The number of hydrogen-bond acceptors (Lipinski definition) is 35. The van der Waals surface area contributed by atoms with Crippen molar-refractivity contribution < 1.29 is 163 Å². The molecule has 0 amide bonds. The molecule has 39 heteroatoms. The minimum Gasteiger partial charge on any atom is -0.457 e. The molecule has 0 heterocycles. The summed E-state index contributed by atoms with van der Waals surface area (Å²) in [6, 6.07) is 0. The first-order valence-electron chi connectivity index (χ1n) is 22.2. The van der Waals surface area contributed by atoms with Crippen LogP contribution in [-0.4, -0.2) is 151 Å². The topological polar surface area (TPSA) is 425 Å². The Morgan fingerprint density at radius 2 is 0.545 bits per heavy atom. The lowest BCUT2D eigenvalue weighted by atomic mass is 9.84. The average molecular weight is 1200 g/mol. The third-order valence-electron chi connectivity index (χ3n) is 8.26. The molecule has 0 spiro atoms. The SMILES string of the molecule is CCCCO[C@H]1[C@@H](OC(=O)CCC)[C@@H](OP(=O)(OCOC(C)=O)OCOC(C)=O)[C@H](OP(=O)(OCOC(C)=O)OCOC(C)=O)[C@@H](OP(=O)(OCOC(C)=O)OCOC(C)=O)[C@@H]1OP(=O)(OCOC(C)=O)OCOC(C)=O. The predicted molar refractivity (Wildman–Crippen MR) is 241 cm³/mol. The highest BCUT2D eigenvalue weighted by molar-refractivity contribution is 7.49. The number of carbonyl (C=O) groups excluding carboxylic acids is 9. The molecule has 35 nitrogen and oxygen atoms in total. The number of esters is 9. The van der Waals surface area contributed by atoms with E-state index in [9.17, 15) is 61.4 Å². The predicted octanol–water partition coefficient (Wildman–Crippen LogP) is 4.17. The molecular formula is C38H62O35P4. The minimum atomic E-state index is -5.81. The number of ether oxygens (including phenoxy) is 10. The number of hydrogen-bond donors (Lipinski definition) is 0. The van der Waals surface area contributed by atoms with Gasteiger partial charge >= 0.3 is 85.0 Å². The second kappa shape index (κ2) is 36.0. The molecule has 1 fully saturated rings. The van der Waals surface area contributed by atoms with Gasteiger partial charge in [-0.2, -0.15) is 0 Å². The van der Waals surface area contributed by atoms with Crippen molar-refractivity contribution in [3.05, 3.63) is 0 Å². The zero-order valence-electron chi connectivity index (χ0n) is 43.2. The van der Waals surface area contributed by atoms with Crippen molar-refractivity contribution in [1.82, 2.24) is 0 Å². The van der Waals surface area contributed by atoms with E-state index in [0.29, 0.717) is 6.42 Å². The molecule has 0 saturated heterocycles. The van der Waals surface area contributed by atoms with Crippen LogP contribution in [0.3, 0.4) is 0 Å². The molecule has 0 aromatic heterocycles. The van der Waals surface area contributed by atoms with E-state index in [-0.39, 0.29) is 12.8 Å². The van der Waals surface area contributed by atoms with Crippen molar-refractivity contribution in [1.29, 1.82) is 0 Å². The summed E-state index contributed by atoms with van der Waals surface area (Å²) in [4.78, 5) is 109. The summed E-state index contributed by atoms with van der Waals surface area (Å²) in [6.45, 7) is -1.08. The van der Waals surface area contributed by atoms with E-state index in [1.807, 2.05) is 0 Å². The quantitative estimate of drug-likeness (QED) is 0.0274. The van der Waals surface area contributed by atoms with Crippen LogP contribution in [0.5, 0.6) is 0 Å². The van der Waals surface area contributed by atoms with Crippen LogP contribution in [0.25, 0.3) is 0 Å². The first-order valence-corrected chi connectivity index (χ1v) is 28.0. The fourth-order valence-electron chi connectivity index (χ4n) is 5.08. The van der Waals surface area contributed by atoms with Crippen LogP contribution in [-0.2, 0) is 163 Å². The van der Waals surface area contributed by atoms with Gasteiger partial charge in [-0.25, -0.2) is 54.5 Å². The van der Waals surface area contributed by atoms with E-state index in [0.717, 1.165) is 55.4 Å². The summed E-state index contributed by atoms with van der Waals surface area (Å²) in [6.07, 6.45) is -15.9. The van der Waals surface area contributed by atoms with E-state index < -0.39 is 189 Å². The molecule has 0 aliphatic heterocycles. The highest BCUT2D eigenvalue weighted by atomic mass is 31.2. The van der Waals surface area contributed by atoms with E-state index in [2.05, 4.69) is 0 Å². The van der Waals surface area contributed by atoms with Gasteiger partial charge in [-0.1, -0.05) is 20.3 Å². The van der Waals surface area contributed by atoms with Crippen LogP contribution in [0.15, 0.2) is 0 Å². The van der Waals surface area contributed by atoms with Gasteiger partial charge in [0.15, 0.2) is 6.10 Å². The summed E-state index contributed by atoms with van der Waals surface area (Å²) in [5, 5.41) is 0. The monoisotopic (exact) mass is 1200 g/mol. The van der Waals surface area contributed by atoms with Gasteiger partial charge in [0.2, 0.25) is 54.3 Å². The van der Waals surface area contributed by atoms with Crippen LogP contribution in [0, 0.1) is 0 Å². The van der Waals surface area contributed by atoms with E-state index in [4.69, 9.17) is 102 Å². The molecule has 0 unspecified atom stereocenters. The van der Waals surface area contributed by atoms with Crippen LogP contribution >= 0.6 is 31.3 Å². The molecule has 0 aromatic rings. The van der Waals surface area contributed by atoms with Gasteiger partial charge in [-0.15, -0.1) is 0 Å². The number of unbranched alkanes of at least 4 members (excludes halogenated alkanes) is 1.